The highest BCUT2D eigenvalue weighted by Crippen LogP contribution is 2.34. The first-order valence-corrected chi connectivity index (χ1v) is 8.61. The number of benzene rings is 2. The Balaban J connectivity index is 1.91. The number of hydrogen-bond donors (Lipinski definition) is 0. The number of pyridine rings is 1. The quantitative estimate of drug-likeness (QED) is 0.529. The molecule has 1 aliphatic heterocycles. The smallest absolute Gasteiger partial charge is 0.270 e. The van der Waals surface area contributed by atoms with Gasteiger partial charge in [0, 0.05) is 36.2 Å². The van der Waals surface area contributed by atoms with Crippen molar-refractivity contribution in [2.24, 2.45) is 0 Å². The Morgan fingerprint density at radius 2 is 1.81 bits per heavy atom. The van der Waals surface area contributed by atoms with Crippen molar-refractivity contribution in [1.29, 1.82) is 0 Å². The van der Waals surface area contributed by atoms with Gasteiger partial charge < -0.3 is 9.64 Å². The van der Waals surface area contributed by atoms with Crippen molar-refractivity contribution < 1.29 is 9.66 Å². The fraction of sp³-hybridized carbons (Fsp3) is 0.250. The lowest BCUT2D eigenvalue weighted by Crippen LogP contribution is -2.37. The highest BCUT2D eigenvalue weighted by Gasteiger charge is 2.19. The van der Waals surface area contributed by atoms with Crippen LogP contribution in [0.15, 0.2) is 48.5 Å². The summed E-state index contributed by atoms with van der Waals surface area (Å²) < 4.78 is 5.47. The summed E-state index contributed by atoms with van der Waals surface area (Å²) in [5.41, 5.74) is 4.06. The summed E-state index contributed by atoms with van der Waals surface area (Å²) in [6.07, 6.45) is 0. The van der Waals surface area contributed by atoms with E-state index in [1.165, 1.54) is 11.6 Å². The van der Waals surface area contributed by atoms with Crippen molar-refractivity contribution >= 4 is 22.4 Å². The minimum absolute atomic E-state index is 0.0771. The molecule has 6 nitrogen and oxygen atoms in total. The van der Waals surface area contributed by atoms with Gasteiger partial charge in [0.05, 0.1) is 23.7 Å². The van der Waals surface area contributed by atoms with Gasteiger partial charge >= 0.3 is 0 Å². The van der Waals surface area contributed by atoms with E-state index < -0.39 is 0 Å². The Hall–Kier alpha value is -2.99. The molecule has 1 aliphatic rings. The van der Waals surface area contributed by atoms with Gasteiger partial charge in [-0.15, -0.1) is 0 Å². The number of nitro benzene ring substituents is 1. The van der Waals surface area contributed by atoms with Crippen LogP contribution in [0.3, 0.4) is 0 Å². The average molecular weight is 349 g/mol. The van der Waals surface area contributed by atoms with Crippen molar-refractivity contribution in [3.8, 4) is 11.1 Å². The Bertz CT molecular complexity index is 964. The molecule has 0 bridgehead atoms. The normalized spacial score (nSPS) is 14.6. The summed E-state index contributed by atoms with van der Waals surface area (Å²) in [6, 6.07) is 15.1. The molecule has 4 rings (SSSR count). The molecule has 1 aromatic heterocycles. The molecule has 0 amide bonds. The molecule has 0 radical (unpaired) electrons. The van der Waals surface area contributed by atoms with Crippen LogP contribution in [0, 0.1) is 17.0 Å². The Morgan fingerprint density at radius 3 is 2.50 bits per heavy atom. The topological polar surface area (TPSA) is 68.5 Å². The maximum atomic E-state index is 11.1. The molecule has 0 atom stereocenters. The van der Waals surface area contributed by atoms with E-state index in [1.54, 1.807) is 12.1 Å². The molecule has 6 heteroatoms. The summed E-state index contributed by atoms with van der Waals surface area (Å²) >= 11 is 0. The van der Waals surface area contributed by atoms with Crippen LogP contribution in [0.2, 0.25) is 0 Å². The standard InChI is InChI=1S/C20H19N3O3/c1-14-2-4-15(5-3-14)18-13-16-12-17(23(24)25)6-7-19(16)21-20(18)22-8-10-26-11-9-22/h2-7,12-13H,8-11H2,1H3. The molecule has 132 valence electrons. The summed E-state index contributed by atoms with van der Waals surface area (Å²) in [5, 5.41) is 11.9. The third kappa shape index (κ3) is 3.11. The number of aromatic nitrogens is 1. The van der Waals surface area contributed by atoms with Gasteiger partial charge in [0.25, 0.3) is 5.69 Å². The van der Waals surface area contributed by atoms with E-state index in [9.17, 15) is 10.1 Å². The molecular weight excluding hydrogens is 330 g/mol. The SMILES string of the molecule is Cc1ccc(-c2cc3cc([N+](=O)[O-])ccc3nc2N2CCOCC2)cc1. The number of fused-ring (bicyclic) bond motifs is 1. The van der Waals surface area contributed by atoms with Crippen LogP contribution in [0.1, 0.15) is 5.56 Å². The maximum Gasteiger partial charge on any atom is 0.270 e. The molecule has 1 fully saturated rings. The lowest BCUT2D eigenvalue weighted by Gasteiger charge is -2.30. The van der Waals surface area contributed by atoms with Gasteiger partial charge in [0.1, 0.15) is 5.82 Å². The Kier molecular flexibility index (Phi) is 4.26. The number of rotatable bonds is 3. The zero-order valence-electron chi connectivity index (χ0n) is 14.5. The van der Waals surface area contributed by atoms with Gasteiger partial charge in [-0.25, -0.2) is 4.98 Å². The molecule has 2 aromatic carbocycles. The number of anilines is 1. The van der Waals surface area contributed by atoms with Crippen LogP contribution >= 0.6 is 0 Å². The van der Waals surface area contributed by atoms with Crippen molar-refractivity contribution in [3.63, 3.8) is 0 Å². The average Bonchev–Trinajstić information content (AvgIpc) is 2.68. The third-order valence-electron chi connectivity index (χ3n) is 4.66. The van der Waals surface area contributed by atoms with Crippen molar-refractivity contribution in [2.75, 3.05) is 31.2 Å². The number of hydrogen-bond acceptors (Lipinski definition) is 5. The lowest BCUT2D eigenvalue weighted by atomic mass is 10.0. The molecule has 0 unspecified atom stereocenters. The largest absolute Gasteiger partial charge is 0.378 e. The van der Waals surface area contributed by atoms with Crippen LogP contribution in [0.5, 0.6) is 0 Å². The van der Waals surface area contributed by atoms with Crippen LogP contribution in [0.4, 0.5) is 11.5 Å². The number of morpholine rings is 1. The van der Waals surface area contributed by atoms with Crippen LogP contribution in [0.25, 0.3) is 22.0 Å². The van der Waals surface area contributed by atoms with E-state index in [4.69, 9.17) is 9.72 Å². The molecule has 0 N–H and O–H groups in total. The van der Waals surface area contributed by atoms with E-state index in [1.807, 2.05) is 6.07 Å². The van der Waals surface area contributed by atoms with Gasteiger partial charge in [-0.05, 0) is 24.6 Å². The van der Waals surface area contributed by atoms with Gasteiger partial charge in [0.2, 0.25) is 0 Å². The number of non-ortho nitro benzene ring substituents is 1. The third-order valence-corrected chi connectivity index (χ3v) is 4.66. The first-order chi connectivity index (χ1) is 12.6. The summed E-state index contributed by atoms with van der Waals surface area (Å²) in [6.45, 7) is 4.96. The maximum absolute atomic E-state index is 11.1. The molecule has 26 heavy (non-hydrogen) atoms. The number of ether oxygens (including phenoxy) is 1. The lowest BCUT2D eigenvalue weighted by molar-refractivity contribution is -0.384. The summed E-state index contributed by atoms with van der Waals surface area (Å²) in [7, 11) is 0. The van der Waals surface area contributed by atoms with E-state index >= 15 is 0 Å². The summed E-state index contributed by atoms with van der Waals surface area (Å²) in [5.74, 6) is 0.901. The predicted molar refractivity (Wildman–Crippen MR) is 102 cm³/mol. The molecular formula is C20H19N3O3. The molecule has 3 aromatic rings. The number of nitro groups is 1. The highest BCUT2D eigenvalue weighted by molar-refractivity contribution is 5.91. The molecule has 0 saturated carbocycles. The fourth-order valence-electron chi connectivity index (χ4n) is 3.23. The predicted octanol–water partition coefficient (Wildman–Crippen LogP) is 3.96. The van der Waals surface area contributed by atoms with Gasteiger partial charge in [-0.3, -0.25) is 10.1 Å². The molecule has 0 spiro atoms. The Labute approximate surface area is 151 Å². The highest BCUT2D eigenvalue weighted by atomic mass is 16.6. The van der Waals surface area contributed by atoms with Crippen LogP contribution < -0.4 is 4.90 Å². The Morgan fingerprint density at radius 1 is 1.08 bits per heavy atom. The van der Waals surface area contributed by atoms with E-state index in [0.29, 0.717) is 13.2 Å². The van der Waals surface area contributed by atoms with Gasteiger partial charge in [-0.2, -0.15) is 0 Å². The molecule has 0 aliphatic carbocycles. The number of nitrogens with zero attached hydrogens (tertiary/aromatic N) is 3. The minimum Gasteiger partial charge on any atom is -0.378 e. The van der Waals surface area contributed by atoms with Crippen molar-refractivity contribution in [3.05, 3.63) is 64.2 Å². The van der Waals surface area contributed by atoms with Gasteiger partial charge in [-0.1, -0.05) is 29.8 Å². The second kappa shape index (κ2) is 6.72. The second-order valence-corrected chi connectivity index (χ2v) is 6.46. The van der Waals surface area contributed by atoms with Gasteiger partial charge in [0.15, 0.2) is 0 Å². The molecule has 1 saturated heterocycles. The fourth-order valence-corrected chi connectivity index (χ4v) is 3.23. The van der Waals surface area contributed by atoms with Crippen LogP contribution in [-0.4, -0.2) is 36.2 Å². The zero-order valence-corrected chi connectivity index (χ0v) is 14.5. The first kappa shape index (κ1) is 16.5. The van der Waals surface area contributed by atoms with Crippen LogP contribution in [-0.2, 0) is 4.74 Å². The van der Waals surface area contributed by atoms with E-state index in [2.05, 4.69) is 36.1 Å². The van der Waals surface area contributed by atoms with Crippen molar-refractivity contribution in [1.82, 2.24) is 4.98 Å². The van der Waals surface area contributed by atoms with E-state index in [-0.39, 0.29) is 10.6 Å². The minimum atomic E-state index is -0.374. The molecule has 2 heterocycles. The van der Waals surface area contributed by atoms with E-state index in [0.717, 1.165) is 40.9 Å². The monoisotopic (exact) mass is 349 g/mol. The number of aryl methyl sites for hydroxylation is 1. The summed E-state index contributed by atoms with van der Waals surface area (Å²) in [4.78, 5) is 17.8. The second-order valence-electron chi connectivity index (χ2n) is 6.46. The first-order valence-electron chi connectivity index (χ1n) is 8.61. The zero-order chi connectivity index (χ0) is 18.1. The van der Waals surface area contributed by atoms with Crippen molar-refractivity contribution in [2.45, 2.75) is 6.92 Å².